The first-order valence-electron chi connectivity index (χ1n) is 10.2. The maximum Gasteiger partial charge on any atom is 0.119 e. The van der Waals surface area contributed by atoms with E-state index in [4.69, 9.17) is 4.74 Å². The van der Waals surface area contributed by atoms with Gasteiger partial charge in [0, 0.05) is 31.0 Å². The van der Waals surface area contributed by atoms with Crippen molar-refractivity contribution in [3.8, 4) is 5.75 Å². The third kappa shape index (κ3) is 5.42. The van der Waals surface area contributed by atoms with Gasteiger partial charge in [-0.1, -0.05) is 50.8 Å². The molecular formula is C23H32N2O. The number of nitrogens with zero attached hydrogens (tertiary/aromatic N) is 1. The highest BCUT2D eigenvalue weighted by molar-refractivity contribution is 5.58. The molecule has 3 rings (SSSR count). The van der Waals surface area contributed by atoms with Gasteiger partial charge in [-0.05, 0) is 48.7 Å². The molecule has 1 N–H and O–H groups in total. The zero-order valence-electron chi connectivity index (χ0n) is 16.0. The van der Waals surface area contributed by atoms with Gasteiger partial charge in [0.1, 0.15) is 5.75 Å². The number of anilines is 2. The molecule has 0 unspecified atom stereocenters. The number of para-hydroxylation sites is 1. The summed E-state index contributed by atoms with van der Waals surface area (Å²) >= 11 is 0. The van der Waals surface area contributed by atoms with Gasteiger partial charge in [-0.2, -0.15) is 0 Å². The van der Waals surface area contributed by atoms with Crippen molar-refractivity contribution >= 4 is 11.4 Å². The Hall–Kier alpha value is -2.16. The molecule has 0 radical (unpaired) electrons. The Morgan fingerprint density at radius 1 is 0.962 bits per heavy atom. The van der Waals surface area contributed by atoms with Crippen molar-refractivity contribution < 1.29 is 4.74 Å². The van der Waals surface area contributed by atoms with Gasteiger partial charge in [0.05, 0.1) is 6.61 Å². The van der Waals surface area contributed by atoms with Crippen LogP contribution in [0, 0.1) is 0 Å². The van der Waals surface area contributed by atoms with Gasteiger partial charge in [-0.15, -0.1) is 0 Å². The van der Waals surface area contributed by atoms with E-state index in [0.717, 1.165) is 44.1 Å². The molecule has 0 saturated heterocycles. The summed E-state index contributed by atoms with van der Waals surface area (Å²) in [5.74, 6) is 0.972. The van der Waals surface area contributed by atoms with Crippen molar-refractivity contribution in [3.63, 3.8) is 0 Å². The number of ether oxygens (including phenoxy) is 1. The first-order chi connectivity index (χ1) is 12.9. The number of fused-ring (bicyclic) bond motifs is 1. The van der Waals surface area contributed by atoms with E-state index in [1.807, 2.05) is 0 Å². The number of unbranched alkanes of at least 4 members (excludes halogenated alkanes) is 4. The van der Waals surface area contributed by atoms with Gasteiger partial charge in [-0.25, -0.2) is 0 Å². The second kappa shape index (κ2) is 10.1. The zero-order chi connectivity index (χ0) is 18.0. The fourth-order valence-corrected chi connectivity index (χ4v) is 3.54. The molecule has 3 heteroatoms. The maximum absolute atomic E-state index is 5.83. The molecule has 0 atom stereocenters. The van der Waals surface area contributed by atoms with E-state index >= 15 is 0 Å². The summed E-state index contributed by atoms with van der Waals surface area (Å²) in [5, 5.41) is 3.52. The van der Waals surface area contributed by atoms with Gasteiger partial charge in [0.15, 0.2) is 0 Å². The molecule has 2 aromatic carbocycles. The highest BCUT2D eigenvalue weighted by atomic mass is 16.5. The normalized spacial score (nSPS) is 12.9. The van der Waals surface area contributed by atoms with E-state index in [1.54, 1.807) is 0 Å². The predicted octanol–water partition coefficient (Wildman–Crippen LogP) is 5.51. The SMILES string of the molecule is CCCCCCCOc1ccc(NCCN2CCc3ccccc32)cc1. The van der Waals surface area contributed by atoms with Crippen molar-refractivity contribution in [1.82, 2.24) is 0 Å². The van der Waals surface area contributed by atoms with Gasteiger partial charge < -0.3 is 15.0 Å². The second-order valence-electron chi connectivity index (χ2n) is 7.08. The Bertz CT molecular complexity index is 654. The Balaban J connectivity index is 1.34. The molecule has 0 saturated carbocycles. The van der Waals surface area contributed by atoms with Gasteiger partial charge in [0.2, 0.25) is 0 Å². The summed E-state index contributed by atoms with van der Waals surface area (Å²) in [6.07, 6.45) is 7.54. The number of hydrogen-bond acceptors (Lipinski definition) is 3. The topological polar surface area (TPSA) is 24.5 Å². The minimum absolute atomic E-state index is 0.824. The molecule has 3 nitrogen and oxygen atoms in total. The lowest BCUT2D eigenvalue weighted by Gasteiger charge is -2.20. The van der Waals surface area contributed by atoms with Crippen LogP contribution in [0.15, 0.2) is 48.5 Å². The van der Waals surface area contributed by atoms with E-state index in [-0.39, 0.29) is 0 Å². The van der Waals surface area contributed by atoms with Crippen LogP contribution in [-0.2, 0) is 6.42 Å². The highest BCUT2D eigenvalue weighted by Crippen LogP contribution is 2.26. The van der Waals surface area contributed by atoms with Gasteiger partial charge >= 0.3 is 0 Å². The largest absolute Gasteiger partial charge is 0.494 e. The Kier molecular flexibility index (Phi) is 7.24. The fraction of sp³-hybridized carbons (Fsp3) is 0.478. The minimum Gasteiger partial charge on any atom is -0.494 e. The third-order valence-corrected chi connectivity index (χ3v) is 5.07. The monoisotopic (exact) mass is 352 g/mol. The van der Waals surface area contributed by atoms with Crippen LogP contribution in [0.4, 0.5) is 11.4 Å². The first kappa shape index (κ1) is 18.6. The van der Waals surface area contributed by atoms with Crippen molar-refractivity contribution in [2.24, 2.45) is 0 Å². The Labute approximate surface area is 158 Å². The molecule has 0 fully saturated rings. The van der Waals surface area contributed by atoms with Crippen LogP contribution in [0.3, 0.4) is 0 Å². The highest BCUT2D eigenvalue weighted by Gasteiger charge is 2.17. The van der Waals surface area contributed by atoms with E-state index in [1.165, 1.54) is 43.4 Å². The van der Waals surface area contributed by atoms with E-state index in [0.29, 0.717) is 0 Å². The summed E-state index contributed by atoms with van der Waals surface area (Å²) < 4.78 is 5.83. The number of nitrogens with one attached hydrogen (secondary N) is 1. The van der Waals surface area contributed by atoms with Crippen LogP contribution < -0.4 is 15.0 Å². The van der Waals surface area contributed by atoms with E-state index < -0.39 is 0 Å². The van der Waals surface area contributed by atoms with Crippen LogP contribution in [0.5, 0.6) is 5.75 Å². The molecule has 0 spiro atoms. The summed E-state index contributed by atoms with van der Waals surface area (Å²) in [7, 11) is 0. The summed E-state index contributed by atoms with van der Waals surface area (Å²) in [5.41, 5.74) is 4.04. The molecule has 140 valence electrons. The molecule has 0 aliphatic carbocycles. The lowest BCUT2D eigenvalue weighted by Crippen LogP contribution is -2.27. The average Bonchev–Trinajstić information content (AvgIpc) is 3.09. The smallest absolute Gasteiger partial charge is 0.119 e. The number of rotatable bonds is 11. The van der Waals surface area contributed by atoms with Crippen LogP contribution in [0.1, 0.15) is 44.6 Å². The van der Waals surface area contributed by atoms with Crippen molar-refractivity contribution in [3.05, 3.63) is 54.1 Å². The maximum atomic E-state index is 5.83. The van der Waals surface area contributed by atoms with Gasteiger partial charge in [-0.3, -0.25) is 0 Å². The predicted molar refractivity (Wildman–Crippen MR) is 112 cm³/mol. The van der Waals surface area contributed by atoms with Crippen LogP contribution >= 0.6 is 0 Å². The zero-order valence-corrected chi connectivity index (χ0v) is 16.0. The van der Waals surface area contributed by atoms with Crippen LogP contribution in [0.2, 0.25) is 0 Å². The molecule has 1 heterocycles. The van der Waals surface area contributed by atoms with E-state index in [2.05, 4.69) is 65.7 Å². The lowest BCUT2D eigenvalue weighted by molar-refractivity contribution is 0.304. The molecule has 26 heavy (non-hydrogen) atoms. The standard InChI is InChI=1S/C23H32N2O/c1-2-3-4-5-8-19-26-22-13-11-21(12-14-22)24-16-18-25-17-15-20-9-6-7-10-23(20)25/h6-7,9-14,24H,2-5,8,15-19H2,1H3. The molecule has 0 amide bonds. The number of benzene rings is 2. The molecule has 2 aromatic rings. The average molecular weight is 353 g/mol. The van der Waals surface area contributed by atoms with Crippen LogP contribution in [0.25, 0.3) is 0 Å². The summed E-state index contributed by atoms with van der Waals surface area (Å²) in [6, 6.07) is 17.1. The summed E-state index contributed by atoms with van der Waals surface area (Å²) in [6.45, 7) is 6.19. The lowest BCUT2D eigenvalue weighted by atomic mass is 10.2. The Morgan fingerprint density at radius 2 is 1.77 bits per heavy atom. The first-order valence-corrected chi connectivity index (χ1v) is 10.2. The van der Waals surface area contributed by atoms with Crippen molar-refractivity contribution in [2.75, 3.05) is 36.5 Å². The fourth-order valence-electron chi connectivity index (χ4n) is 3.54. The second-order valence-corrected chi connectivity index (χ2v) is 7.08. The Morgan fingerprint density at radius 3 is 2.62 bits per heavy atom. The number of hydrogen-bond donors (Lipinski definition) is 1. The van der Waals surface area contributed by atoms with Crippen molar-refractivity contribution in [1.29, 1.82) is 0 Å². The minimum atomic E-state index is 0.824. The van der Waals surface area contributed by atoms with Crippen LogP contribution in [-0.4, -0.2) is 26.2 Å². The molecule has 0 aromatic heterocycles. The molecular weight excluding hydrogens is 320 g/mol. The van der Waals surface area contributed by atoms with Gasteiger partial charge in [0.25, 0.3) is 0 Å². The van der Waals surface area contributed by atoms with Crippen molar-refractivity contribution in [2.45, 2.75) is 45.4 Å². The summed E-state index contributed by atoms with van der Waals surface area (Å²) in [4.78, 5) is 2.47. The quantitative estimate of drug-likeness (QED) is 0.540. The third-order valence-electron chi connectivity index (χ3n) is 5.07. The molecule has 0 bridgehead atoms. The molecule has 1 aliphatic heterocycles. The molecule has 1 aliphatic rings. The van der Waals surface area contributed by atoms with E-state index in [9.17, 15) is 0 Å².